The summed E-state index contributed by atoms with van der Waals surface area (Å²) < 4.78 is 31.3. The number of sulfonamides is 1. The SMILES string of the molecule is CC[C@@H](C(=O)NCC(C)C)N(Cc1ccc(OC)cc1)C(=O)CCCN(c1ccccc1)S(C)(=O)=O. The quantitative estimate of drug-likeness (QED) is 0.411. The second-order valence-electron chi connectivity index (χ2n) is 9.21. The van der Waals surface area contributed by atoms with Crippen LogP contribution in [-0.4, -0.2) is 57.6 Å². The number of hydrogen-bond donors (Lipinski definition) is 1. The summed E-state index contributed by atoms with van der Waals surface area (Å²) in [7, 11) is -1.92. The minimum absolute atomic E-state index is 0.114. The van der Waals surface area contributed by atoms with Gasteiger partial charge in [0.2, 0.25) is 21.8 Å². The highest BCUT2D eigenvalue weighted by atomic mass is 32.2. The summed E-state index contributed by atoms with van der Waals surface area (Å²) in [6.07, 6.45) is 2.06. The van der Waals surface area contributed by atoms with E-state index in [1.54, 1.807) is 36.3 Å². The lowest BCUT2D eigenvalue weighted by atomic mass is 10.1. The number of methoxy groups -OCH3 is 1. The van der Waals surface area contributed by atoms with Gasteiger partial charge in [0.05, 0.1) is 19.1 Å². The highest BCUT2D eigenvalue weighted by Gasteiger charge is 2.29. The molecule has 36 heavy (non-hydrogen) atoms. The first-order valence-corrected chi connectivity index (χ1v) is 14.1. The molecule has 2 rings (SSSR count). The van der Waals surface area contributed by atoms with Crippen LogP contribution in [-0.2, 0) is 26.2 Å². The highest BCUT2D eigenvalue weighted by Crippen LogP contribution is 2.20. The van der Waals surface area contributed by atoms with Crippen LogP contribution in [0.4, 0.5) is 5.69 Å². The van der Waals surface area contributed by atoms with Gasteiger partial charge in [-0.05, 0) is 48.6 Å². The Kier molecular flexibility index (Phi) is 11.2. The molecule has 0 radical (unpaired) electrons. The molecular formula is C27H39N3O5S. The van der Waals surface area contributed by atoms with Gasteiger partial charge in [-0.2, -0.15) is 0 Å². The topological polar surface area (TPSA) is 96.0 Å². The third-order valence-electron chi connectivity index (χ3n) is 5.78. The standard InChI is InChI=1S/C27H39N3O5S/c1-6-25(27(32)28-19-21(2)3)29(20-22-14-16-24(35-4)17-15-22)26(31)13-10-18-30(36(5,33)34)23-11-8-7-9-12-23/h7-9,11-12,14-17,21,25H,6,10,13,18-20H2,1-5H3,(H,28,32)/t25-/m0/s1. The van der Waals surface area contributed by atoms with E-state index in [9.17, 15) is 18.0 Å². The molecule has 0 aliphatic rings. The van der Waals surface area contributed by atoms with Crippen molar-refractivity contribution in [3.05, 3.63) is 60.2 Å². The van der Waals surface area contributed by atoms with Crippen LogP contribution in [0.1, 0.15) is 45.6 Å². The molecule has 198 valence electrons. The van der Waals surface area contributed by atoms with Crippen LogP contribution in [0.3, 0.4) is 0 Å². The van der Waals surface area contributed by atoms with Gasteiger partial charge in [-0.1, -0.05) is 51.1 Å². The molecule has 9 heteroatoms. The maximum atomic E-state index is 13.4. The lowest BCUT2D eigenvalue weighted by Crippen LogP contribution is -2.49. The van der Waals surface area contributed by atoms with E-state index in [1.165, 1.54) is 4.31 Å². The van der Waals surface area contributed by atoms with E-state index < -0.39 is 16.1 Å². The average molecular weight is 518 g/mol. The number of hydrogen-bond acceptors (Lipinski definition) is 5. The normalized spacial score (nSPS) is 12.2. The van der Waals surface area contributed by atoms with E-state index in [0.29, 0.717) is 30.8 Å². The lowest BCUT2D eigenvalue weighted by Gasteiger charge is -2.31. The first-order chi connectivity index (χ1) is 17.1. The number of anilines is 1. The zero-order chi connectivity index (χ0) is 26.7. The first-order valence-electron chi connectivity index (χ1n) is 12.3. The van der Waals surface area contributed by atoms with Crippen LogP contribution in [0.15, 0.2) is 54.6 Å². The summed E-state index contributed by atoms with van der Waals surface area (Å²) in [6.45, 7) is 6.88. The zero-order valence-electron chi connectivity index (χ0n) is 21.9. The fourth-order valence-electron chi connectivity index (χ4n) is 3.87. The van der Waals surface area contributed by atoms with Gasteiger partial charge < -0.3 is 15.0 Å². The van der Waals surface area contributed by atoms with Gasteiger partial charge in [0.1, 0.15) is 11.8 Å². The Balaban J connectivity index is 2.19. The molecule has 1 N–H and O–H groups in total. The second-order valence-corrected chi connectivity index (χ2v) is 11.1. The summed E-state index contributed by atoms with van der Waals surface area (Å²) in [5.74, 6) is 0.617. The van der Waals surface area contributed by atoms with E-state index in [4.69, 9.17) is 4.74 Å². The highest BCUT2D eigenvalue weighted by molar-refractivity contribution is 7.92. The Bertz CT molecular complexity index is 1070. The molecule has 0 bridgehead atoms. The molecule has 8 nitrogen and oxygen atoms in total. The van der Waals surface area contributed by atoms with E-state index in [-0.39, 0.29) is 37.2 Å². The van der Waals surface area contributed by atoms with Gasteiger partial charge in [-0.15, -0.1) is 0 Å². The first kappa shape index (κ1) is 29.2. The number of nitrogens with zero attached hydrogens (tertiary/aromatic N) is 2. The van der Waals surface area contributed by atoms with Crippen LogP contribution in [0, 0.1) is 5.92 Å². The van der Waals surface area contributed by atoms with Crippen molar-refractivity contribution in [3.63, 3.8) is 0 Å². The largest absolute Gasteiger partial charge is 0.497 e. The minimum atomic E-state index is -3.51. The molecule has 0 spiro atoms. The van der Waals surface area contributed by atoms with Crippen molar-refractivity contribution < 1.29 is 22.7 Å². The number of carbonyl (C=O) groups is 2. The summed E-state index contributed by atoms with van der Waals surface area (Å²) >= 11 is 0. The Hall–Kier alpha value is -3.07. The lowest BCUT2D eigenvalue weighted by molar-refractivity contribution is -0.141. The van der Waals surface area contributed by atoms with Gasteiger partial charge in [-0.3, -0.25) is 13.9 Å². The predicted octanol–water partition coefficient (Wildman–Crippen LogP) is 3.82. The van der Waals surface area contributed by atoms with Gasteiger partial charge in [0.25, 0.3) is 0 Å². The maximum absolute atomic E-state index is 13.4. The minimum Gasteiger partial charge on any atom is -0.497 e. The van der Waals surface area contributed by atoms with Crippen molar-refractivity contribution in [1.82, 2.24) is 10.2 Å². The monoisotopic (exact) mass is 517 g/mol. The smallest absolute Gasteiger partial charge is 0.242 e. The molecule has 0 aliphatic carbocycles. The average Bonchev–Trinajstić information content (AvgIpc) is 2.85. The van der Waals surface area contributed by atoms with E-state index in [0.717, 1.165) is 11.8 Å². The van der Waals surface area contributed by atoms with Gasteiger partial charge in [0.15, 0.2) is 0 Å². The Labute approximate surface area is 215 Å². The van der Waals surface area contributed by atoms with Crippen molar-refractivity contribution >= 4 is 27.5 Å². The summed E-state index contributed by atoms with van der Waals surface area (Å²) in [5.41, 5.74) is 1.43. The number of nitrogens with one attached hydrogen (secondary N) is 1. The molecule has 1 atom stereocenters. The molecule has 0 heterocycles. The Morgan fingerprint density at radius 3 is 2.19 bits per heavy atom. The number of amides is 2. The van der Waals surface area contributed by atoms with Gasteiger partial charge in [-0.25, -0.2) is 8.42 Å². The van der Waals surface area contributed by atoms with E-state index in [1.807, 2.05) is 51.1 Å². The van der Waals surface area contributed by atoms with E-state index >= 15 is 0 Å². The molecule has 0 fully saturated rings. The van der Waals surface area contributed by atoms with Crippen LogP contribution in [0.2, 0.25) is 0 Å². The van der Waals surface area contributed by atoms with Crippen LogP contribution < -0.4 is 14.4 Å². The molecule has 2 aromatic carbocycles. The van der Waals surface area contributed by atoms with Crippen LogP contribution in [0.5, 0.6) is 5.75 Å². The molecular weight excluding hydrogens is 478 g/mol. The van der Waals surface area contributed by atoms with Gasteiger partial charge in [0, 0.05) is 26.1 Å². The molecule has 0 saturated carbocycles. The number of rotatable bonds is 14. The van der Waals surface area contributed by atoms with Gasteiger partial charge >= 0.3 is 0 Å². The predicted molar refractivity (Wildman–Crippen MR) is 143 cm³/mol. The number of para-hydroxylation sites is 1. The number of benzene rings is 2. The van der Waals surface area contributed by atoms with Crippen LogP contribution in [0.25, 0.3) is 0 Å². The van der Waals surface area contributed by atoms with Crippen molar-refractivity contribution in [3.8, 4) is 5.75 Å². The molecule has 0 unspecified atom stereocenters. The van der Waals surface area contributed by atoms with E-state index in [2.05, 4.69) is 5.32 Å². The number of carbonyl (C=O) groups excluding carboxylic acids is 2. The molecule has 2 amide bonds. The Morgan fingerprint density at radius 2 is 1.67 bits per heavy atom. The fraction of sp³-hybridized carbons (Fsp3) is 0.481. The molecule has 2 aromatic rings. The molecule has 0 saturated heterocycles. The van der Waals surface area contributed by atoms with Crippen molar-refractivity contribution in [1.29, 1.82) is 0 Å². The third-order valence-corrected chi connectivity index (χ3v) is 6.97. The summed E-state index contributed by atoms with van der Waals surface area (Å²) in [6, 6.07) is 15.6. The van der Waals surface area contributed by atoms with Crippen molar-refractivity contribution in [2.75, 3.05) is 30.8 Å². The van der Waals surface area contributed by atoms with Crippen LogP contribution >= 0.6 is 0 Å². The fourth-order valence-corrected chi connectivity index (χ4v) is 4.83. The molecule has 0 aliphatic heterocycles. The summed E-state index contributed by atoms with van der Waals surface area (Å²) in [4.78, 5) is 28.0. The molecule has 0 aromatic heterocycles. The summed E-state index contributed by atoms with van der Waals surface area (Å²) in [5, 5.41) is 2.95. The number of ether oxygens (including phenoxy) is 1. The van der Waals surface area contributed by atoms with Crippen molar-refractivity contribution in [2.45, 2.75) is 52.6 Å². The Morgan fingerprint density at radius 1 is 1.03 bits per heavy atom. The second kappa shape index (κ2) is 13.9. The zero-order valence-corrected chi connectivity index (χ0v) is 22.8. The third kappa shape index (κ3) is 8.86. The maximum Gasteiger partial charge on any atom is 0.242 e. The van der Waals surface area contributed by atoms with Crippen molar-refractivity contribution in [2.24, 2.45) is 5.92 Å².